The van der Waals surface area contributed by atoms with Gasteiger partial charge in [0.25, 0.3) is 0 Å². The van der Waals surface area contributed by atoms with Gasteiger partial charge in [-0.25, -0.2) is 0 Å². The quantitative estimate of drug-likeness (QED) is 0.873. The molecular formula is C18H13BrO3. The van der Waals surface area contributed by atoms with Crippen molar-refractivity contribution in [3.05, 3.63) is 75.3 Å². The van der Waals surface area contributed by atoms with Crippen molar-refractivity contribution in [3.8, 4) is 0 Å². The number of hydrogen-bond donors (Lipinski definition) is 1. The maximum atomic E-state index is 12.9. The number of hydrogen-bond acceptors (Lipinski definition) is 3. The summed E-state index contributed by atoms with van der Waals surface area (Å²) in [6, 6.07) is 14.0. The van der Waals surface area contributed by atoms with Gasteiger partial charge in [-0.2, -0.15) is 0 Å². The molecule has 0 aromatic heterocycles. The molecule has 3 nitrogen and oxygen atoms in total. The number of rotatable bonds is 2. The Morgan fingerprint density at radius 3 is 2.23 bits per heavy atom. The first-order valence-electron chi connectivity index (χ1n) is 6.84. The van der Waals surface area contributed by atoms with Crippen molar-refractivity contribution < 1.29 is 14.7 Å². The molecule has 2 aromatic carbocycles. The van der Waals surface area contributed by atoms with E-state index in [2.05, 4.69) is 15.9 Å². The third-order valence-electron chi connectivity index (χ3n) is 3.84. The first-order valence-corrected chi connectivity index (χ1v) is 7.63. The Bertz CT molecular complexity index is 803. The molecule has 0 unspecified atom stereocenters. The van der Waals surface area contributed by atoms with Crippen LogP contribution < -0.4 is 0 Å². The number of carbonyl (C=O) groups excluding carboxylic acids is 2. The molecule has 1 aliphatic carbocycles. The Morgan fingerprint density at radius 1 is 1.05 bits per heavy atom. The summed E-state index contributed by atoms with van der Waals surface area (Å²) in [7, 11) is 0. The molecule has 1 aliphatic rings. The first-order chi connectivity index (χ1) is 10.5. The lowest BCUT2D eigenvalue weighted by Crippen LogP contribution is -2.25. The summed E-state index contributed by atoms with van der Waals surface area (Å²) in [4.78, 5) is 24.9. The molecule has 2 aromatic rings. The van der Waals surface area contributed by atoms with Gasteiger partial charge in [0.05, 0.1) is 11.5 Å². The van der Waals surface area contributed by atoms with Crippen LogP contribution in [-0.4, -0.2) is 16.7 Å². The number of halogens is 1. The van der Waals surface area contributed by atoms with Crippen molar-refractivity contribution in [3.63, 3.8) is 0 Å². The number of allylic oxidation sites excluding steroid dienone is 1. The van der Waals surface area contributed by atoms with Gasteiger partial charge in [-0.05, 0) is 24.6 Å². The minimum atomic E-state index is -0.763. The predicted molar refractivity (Wildman–Crippen MR) is 87.9 cm³/mol. The lowest BCUT2D eigenvalue weighted by atomic mass is 9.76. The van der Waals surface area contributed by atoms with Gasteiger partial charge >= 0.3 is 0 Å². The van der Waals surface area contributed by atoms with Crippen LogP contribution in [0, 0.1) is 0 Å². The molecule has 110 valence electrons. The van der Waals surface area contributed by atoms with Gasteiger partial charge in [0, 0.05) is 15.6 Å². The van der Waals surface area contributed by atoms with Crippen molar-refractivity contribution in [2.45, 2.75) is 12.8 Å². The van der Waals surface area contributed by atoms with Gasteiger partial charge in [0.15, 0.2) is 11.6 Å². The molecule has 0 spiro atoms. The normalized spacial score (nSPS) is 17.4. The van der Waals surface area contributed by atoms with E-state index in [4.69, 9.17) is 0 Å². The van der Waals surface area contributed by atoms with Gasteiger partial charge < -0.3 is 5.11 Å². The minimum Gasteiger partial charge on any atom is -0.507 e. The monoisotopic (exact) mass is 356 g/mol. The number of benzene rings is 2. The summed E-state index contributed by atoms with van der Waals surface area (Å²) in [5, 5.41) is 10.5. The fourth-order valence-electron chi connectivity index (χ4n) is 2.82. The van der Waals surface area contributed by atoms with E-state index in [-0.39, 0.29) is 22.9 Å². The Morgan fingerprint density at radius 2 is 1.64 bits per heavy atom. The second-order valence-electron chi connectivity index (χ2n) is 5.21. The van der Waals surface area contributed by atoms with E-state index in [1.807, 2.05) is 12.1 Å². The van der Waals surface area contributed by atoms with Gasteiger partial charge in [0.2, 0.25) is 0 Å². The van der Waals surface area contributed by atoms with Crippen LogP contribution in [0.1, 0.15) is 34.3 Å². The molecule has 0 saturated heterocycles. The Labute approximate surface area is 136 Å². The Kier molecular flexibility index (Phi) is 3.71. The van der Waals surface area contributed by atoms with E-state index in [0.29, 0.717) is 16.7 Å². The number of ketones is 2. The summed E-state index contributed by atoms with van der Waals surface area (Å²) >= 11 is 3.35. The molecular weight excluding hydrogens is 344 g/mol. The molecule has 0 amide bonds. The van der Waals surface area contributed by atoms with Crippen LogP contribution in [0.4, 0.5) is 0 Å². The predicted octanol–water partition coefficient (Wildman–Crippen LogP) is 4.29. The van der Waals surface area contributed by atoms with E-state index in [1.54, 1.807) is 36.4 Å². The number of carbonyl (C=O) groups is 2. The highest BCUT2D eigenvalue weighted by Gasteiger charge is 2.37. The summed E-state index contributed by atoms with van der Waals surface area (Å²) in [5.74, 6) is -1.33. The zero-order valence-electron chi connectivity index (χ0n) is 11.8. The molecule has 0 radical (unpaired) electrons. The molecule has 1 N–H and O–H groups in total. The molecule has 0 saturated carbocycles. The summed E-state index contributed by atoms with van der Waals surface area (Å²) in [6.45, 7) is 1.37. The highest BCUT2D eigenvalue weighted by atomic mass is 79.9. The van der Waals surface area contributed by atoms with Crippen LogP contribution in [0.2, 0.25) is 0 Å². The minimum absolute atomic E-state index is 0.101. The van der Waals surface area contributed by atoms with Crippen molar-refractivity contribution >= 4 is 33.3 Å². The van der Waals surface area contributed by atoms with E-state index >= 15 is 0 Å². The van der Waals surface area contributed by atoms with E-state index < -0.39 is 5.92 Å². The van der Waals surface area contributed by atoms with Crippen LogP contribution in [-0.2, 0) is 4.79 Å². The maximum absolute atomic E-state index is 12.9. The molecule has 0 heterocycles. The van der Waals surface area contributed by atoms with Crippen molar-refractivity contribution in [2.75, 3.05) is 0 Å². The van der Waals surface area contributed by atoms with Crippen molar-refractivity contribution in [1.29, 1.82) is 0 Å². The van der Waals surface area contributed by atoms with E-state index in [0.717, 1.165) is 4.47 Å². The second-order valence-corrected chi connectivity index (χ2v) is 6.13. The zero-order chi connectivity index (χ0) is 15.9. The second kappa shape index (κ2) is 5.54. The largest absolute Gasteiger partial charge is 0.507 e. The third-order valence-corrected chi connectivity index (χ3v) is 4.36. The average molecular weight is 357 g/mol. The molecule has 0 fully saturated rings. The van der Waals surface area contributed by atoms with Crippen LogP contribution in [0.15, 0.2) is 58.6 Å². The average Bonchev–Trinajstić information content (AvgIpc) is 2.51. The molecule has 0 bridgehead atoms. The van der Waals surface area contributed by atoms with Crippen LogP contribution in [0.5, 0.6) is 0 Å². The number of Topliss-reactive ketones (excluding diaryl/α,β-unsaturated/α-hetero) is 2. The van der Waals surface area contributed by atoms with Crippen LogP contribution in [0.3, 0.4) is 0 Å². The lowest BCUT2D eigenvalue weighted by molar-refractivity contribution is -0.113. The lowest BCUT2D eigenvalue weighted by Gasteiger charge is -2.26. The van der Waals surface area contributed by atoms with Crippen LogP contribution >= 0.6 is 15.9 Å². The Balaban J connectivity index is 2.26. The van der Waals surface area contributed by atoms with Gasteiger partial charge in [-0.15, -0.1) is 0 Å². The van der Waals surface area contributed by atoms with Gasteiger partial charge in [0.1, 0.15) is 5.76 Å². The number of aliphatic hydroxyl groups is 1. The fourth-order valence-corrected chi connectivity index (χ4v) is 3.08. The van der Waals surface area contributed by atoms with Gasteiger partial charge in [-0.1, -0.05) is 52.3 Å². The van der Waals surface area contributed by atoms with Gasteiger partial charge in [-0.3, -0.25) is 9.59 Å². The molecule has 3 rings (SSSR count). The fraction of sp³-hybridized carbons (Fsp3) is 0.111. The molecule has 1 atom stereocenters. The van der Waals surface area contributed by atoms with Crippen molar-refractivity contribution in [2.24, 2.45) is 0 Å². The highest BCUT2D eigenvalue weighted by molar-refractivity contribution is 9.10. The maximum Gasteiger partial charge on any atom is 0.175 e. The Hall–Kier alpha value is -2.20. The van der Waals surface area contributed by atoms with E-state index in [9.17, 15) is 14.7 Å². The first kappa shape index (κ1) is 14.7. The topological polar surface area (TPSA) is 54.4 Å². The number of aliphatic hydroxyl groups excluding tert-OH is 1. The standard InChI is InChI=1S/C18H13BrO3/c1-10(20)15-16(11-6-8-12(19)9-7-11)18(22)14-5-3-2-4-13(14)17(15)21/h2-9,16,21H,1H3/t16-/m0/s1. The smallest absolute Gasteiger partial charge is 0.175 e. The van der Waals surface area contributed by atoms with E-state index in [1.165, 1.54) is 6.92 Å². The molecule has 4 heteroatoms. The third kappa shape index (κ3) is 2.29. The SMILES string of the molecule is CC(=O)C1=C(O)c2ccccc2C(=O)[C@H]1c1ccc(Br)cc1. The summed E-state index contributed by atoms with van der Waals surface area (Å²) < 4.78 is 0.887. The summed E-state index contributed by atoms with van der Waals surface area (Å²) in [6.07, 6.45) is 0. The molecule has 22 heavy (non-hydrogen) atoms. The molecule has 0 aliphatic heterocycles. The van der Waals surface area contributed by atoms with Crippen molar-refractivity contribution in [1.82, 2.24) is 0 Å². The highest BCUT2D eigenvalue weighted by Crippen LogP contribution is 2.39. The zero-order valence-corrected chi connectivity index (χ0v) is 13.4. The van der Waals surface area contributed by atoms with Crippen LogP contribution in [0.25, 0.3) is 5.76 Å². The summed E-state index contributed by atoms with van der Waals surface area (Å²) in [5.41, 5.74) is 1.72. The number of fused-ring (bicyclic) bond motifs is 1.